The normalized spacial score (nSPS) is 10.2. The van der Waals surface area contributed by atoms with Crippen molar-refractivity contribution in [2.45, 2.75) is 0 Å². The van der Waals surface area contributed by atoms with Gasteiger partial charge in [-0.3, -0.25) is 0 Å². The Morgan fingerprint density at radius 3 is 2.17 bits per heavy atom. The highest BCUT2D eigenvalue weighted by molar-refractivity contribution is 5.57. The minimum Gasteiger partial charge on any atom is -0.497 e. The Bertz CT molecular complexity index is 788. The fourth-order valence-corrected chi connectivity index (χ4v) is 2.11. The zero-order valence-corrected chi connectivity index (χ0v) is 12.9. The van der Waals surface area contributed by atoms with E-state index in [1.54, 1.807) is 26.6 Å². The average Bonchev–Trinajstić information content (AvgIpc) is 2.63. The number of hydrogen-bond acceptors (Lipinski definition) is 5. The van der Waals surface area contributed by atoms with Gasteiger partial charge in [-0.05, 0) is 24.3 Å². The summed E-state index contributed by atoms with van der Waals surface area (Å²) in [6.45, 7) is 0. The van der Waals surface area contributed by atoms with E-state index in [2.05, 4.69) is 9.97 Å². The molecule has 23 heavy (non-hydrogen) atoms. The monoisotopic (exact) mass is 308 g/mol. The predicted octanol–water partition coefficient (Wildman–Crippen LogP) is 3.95. The summed E-state index contributed by atoms with van der Waals surface area (Å²) in [6.07, 6.45) is 3.27. The van der Waals surface area contributed by atoms with Crippen molar-refractivity contribution in [3.63, 3.8) is 0 Å². The van der Waals surface area contributed by atoms with Gasteiger partial charge in [0, 0.05) is 5.56 Å². The summed E-state index contributed by atoms with van der Waals surface area (Å²) in [5, 5.41) is 0. The summed E-state index contributed by atoms with van der Waals surface area (Å²) in [5.74, 6) is 3.19. The molecule has 2 aromatic carbocycles. The first kappa shape index (κ1) is 14.8. The van der Waals surface area contributed by atoms with E-state index >= 15 is 0 Å². The Hall–Kier alpha value is -3.08. The van der Waals surface area contributed by atoms with E-state index in [9.17, 15) is 0 Å². The summed E-state index contributed by atoms with van der Waals surface area (Å²) in [4.78, 5) is 8.69. The Labute approximate surface area is 134 Å². The van der Waals surface area contributed by atoms with E-state index < -0.39 is 0 Å². The Morgan fingerprint density at radius 2 is 1.48 bits per heavy atom. The second-order valence-corrected chi connectivity index (χ2v) is 4.73. The lowest BCUT2D eigenvalue weighted by atomic mass is 10.2. The molecule has 0 amide bonds. The molecule has 1 heterocycles. The van der Waals surface area contributed by atoms with Gasteiger partial charge >= 0.3 is 0 Å². The van der Waals surface area contributed by atoms with Crippen LogP contribution in [-0.4, -0.2) is 24.2 Å². The van der Waals surface area contributed by atoms with Crippen LogP contribution in [0.2, 0.25) is 0 Å². The topological polar surface area (TPSA) is 53.5 Å². The third kappa shape index (κ3) is 3.40. The van der Waals surface area contributed by atoms with Gasteiger partial charge in [-0.15, -0.1) is 0 Å². The number of para-hydroxylation sites is 2. The molecule has 0 unspecified atom stereocenters. The fraction of sp³-hybridized carbons (Fsp3) is 0.111. The van der Waals surface area contributed by atoms with Crippen molar-refractivity contribution in [1.29, 1.82) is 0 Å². The van der Waals surface area contributed by atoms with E-state index in [0.29, 0.717) is 23.1 Å². The van der Waals surface area contributed by atoms with Gasteiger partial charge in [0.05, 0.1) is 26.6 Å². The third-order valence-electron chi connectivity index (χ3n) is 3.25. The number of methoxy groups -OCH3 is 2. The van der Waals surface area contributed by atoms with Gasteiger partial charge in [0.1, 0.15) is 5.75 Å². The fourth-order valence-electron chi connectivity index (χ4n) is 2.11. The molecule has 0 saturated carbocycles. The molecule has 0 saturated heterocycles. The molecule has 0 aliphatic heterocycles. The minimum absolute atomic E-state index is 0.543. The van der Waals surface area contributed by atoms with Crippen molar-refractivity contribution in [1.82, 2.24) is 9.97 Å². The molecule has 0 atom stereocenters. The van der Waals surface area contributed by atoms with E-state index in [1.807, 2.05) is 48.5 Å². The predicted molar refractivity (Wildman–Crippen MR) is 87.1 cm³/mol. The number of ether oxygens (including phenoxy) is 3. The Kier molecular flexibility index (Phi) is 4.38. The molecule has 3 aromatic rings. The summed E-state index contributed by atoms with van der Waals surface area (Å²) in [7, 11) is 3.23. The van der Waals surface area contributed by atoms with Crippen LogP contribution >= 0.6 is 0 Å². The van der Waals surface area contributed by atoms with Crippen molar-refractivity contribution < 1.29 is 14.2 Å². The molecule has 116 valence electrons. The van der Waals surface area contributed by atoms with Gasteiger partial charge in [-0.25, -0.2) is 9.97 Å². The van der Waals surface area contributed by atoms with Gasteiger partial charge in [0.2, 0.25) is 0 Å². The van der Waals surface area contributed by atoms with Crippen LogP contribution in [0, 0.1) is 0 Å². The molecule has 5 heteroatoms. The first-order valence-electron chi connectivity index (χ1n) is 7.07. The smallest absolute Gasteiger partial charge is 0.169 e. The van der Waals surface area contributed by atoms with Crippen LogP contribution in [0.3, 0.4) is 0 Å². The standard InChI is InChI=1S/C18H16N2O3/c1-21-14-7-5-6-13(10-14)18-19-11-15(12-20-18)23-17-9-4-3-8-16(17)22-2/h3-12H,1-2H3. The van der Waals surface area contributed by atoms with Gasteiger partial charge in [0.15, 0.2) is 23.1 Å². The molecule has 0 bridgehead atoms. The maximum absolute atomic E-state index is 5.76. The number of benzene rings is 2. The quantitative estimate of drug-likeness (QED) is 0.714. The molecule has 5 nitrogen and oxygen atoms in total. The first-order chi connectivity index (χ1) is 11.3. The lowest BCUT2D eigenvalue weighted by Gasteiger charge is -2.09. The highest BCUT2D eigenvalue weighted by Gasteiger charge is 2.07. The molecule has 0 spiro atoms. The summed E-state index contributed by atoms with van der Waals surface area (Å²) in [5.41, 5.74) is 0.883. The minimum atomic E-state index is 0.543. The van der Waals surface area contributed by atoms with E-state index in [1.165, 1.54) is 0 Å². The maximum Gasteiger partial charge on any atom is 0.169 e. The lowest BCUT2D eigenvalue weighted by molar-refractivity contribution is 0.378. The molecule has 0 fully saturated rings. The molecule has 1 aromatic heterocycles. The number of nitrogens with zero attached hydrogens (tertiary/aromatic N) is 2. The number of rotatable bonds is 5. The number of hydrogen-bond donors (Lipinski definition) is 0. The van der Waals surface area contributed by atoms with E-state index in [-0.39, 0.29) is 0 Å². The first-order valence-corrected chi connectivity index (χ1v) is 7.07. The molecule has 0 N–H and O–H groups in total. The molecular weight excluding hydrogens is 292 g/mol. The van der Waals surface area contributed by atoms with Crippen molar-refractivity contribution in [3.05, 3.63) is 60.9 Å². The van der Waals surface area contributed by atoms with Crippen molar-refractivity contribution in [2.75, 3.05) is 14.2 Å². The summed E-state index contributed by atoms with van der Waals surface area (Å²) >= 11 is 0. The molecule has 0 aliphatic rings. The zero-order valence-electron chi connectivity index (χ0n) is 12.9. The Morgan fingerprint density at radius 1 is 0.739 bits per heavy atom. The summed E-state index contributed by atoms with van der Waals surface area (Å²) in [6, 6.07) is 15.0. The van der Waals surface area contributed by atoms with Crippen LogP contribution in [0.15, 0.2) is 60.9 Å². The second kappa shape index (κ2) is 6.79. The molecule has 3 rings (SSSR count). The van der Waals surface area contributed by atoms with Crippen molar-refractivity contribution in [3.8, 4) is 34.4 Å². The van der Waals surface area contributed by atoms with Crippen LogP contribution < -0.4 is 14.2 Å². The van der Waals surface area contributed by atoms with E-state index in [4.69, 9.17) is 14.2 Å². The van der Waals surface area contributed by atoms with Gasteiger partial charge in [-0.2, -0.15) is 0 Å². The van der Waals surface area contributed by atoms with Gasteiger partial charge in [-0.1, -0.05) is 24.3 Å². The van der Waals surface area contributed by atoms with Crippen LogP contribution in [0.1, 0.15) is 0 Å². The van der Waals surface area contributed by atoms with Gasteiger partial charge < -0.3 is 14.2 Å². The highest BCUT2D eigenvalue weighted by Crippen LogP contribution is 2.30. The third-order valence-corrected chi connectivity index (χ3v) is 3.25. The van der Waals surface area contributed by atoms with Crippen LogP contribution in [0.25, 0.3) is 11.4 Å². The molecule has 0 aliphatic carbocycles. The van der Waals surface area contributed by atoms with E-state index in [0.717, 1.165) is 11.3 Å². The maximum atomic E-state index is 5.76. The van der Waals surface area contributed by atoms with Crippen LogP contribution in [0.4, 0.5) is 0 Å². The molecular formula is C18H16N2O3. The van der Waals surface area contributed by atoms with Crippen LogP contribution in [-0.2, 0) is 0 Å². The Balaban J connectivity index is 1.82. The molecule has 0 radical (unpaired) electrons. The average molecular weight is 308 g/mol. The van der Waals surface area contributed by atoms with Crippen LogP contribution in [0.5, 0.6) is 23.0 Å². The van der Waals surface area contributed by atoms with Crippen molar-refractivity contribution in [2.24, 2.45) is 0 Å². The SMILES string of the molecule is COc1cccc(-c2ncc(Oc3ccccc3OC)cn2)c1. The lowest BCUT2D eigenvalue weighted by Crippen LogP contribution is -1.93. The van der Waals surface area contributed by atoms with Gasteiger partial charge in [0.25, 0.3) is 0 Å². The zero-order chi connectivity index (χ0) is 16.1. The number of aromatic nitrogens is 2. The largest absolute Gasteiger partial charge is 0.497 e. The summed E-state index contributed by atoms with van der Waals surface area (Å²) < 4.78 is 16.2. The highest BCUT2D eigenvalue weighted by atomic mass is 16.5. The van der Waals surface area contributed by atoms with Crippen molar-refractivity contribution >= 4 is 0 Å². The second-order valence-electron chi connectivity index (χ2n) is 4.73.